The molecular weight excluding hydrogens is 578 g/mol. The molecule has 42 heavy (non-hydrogen) atoms. The van der Waals surface area contributed by atoms with Crippen LogP contribution in [0, 0.1) is 11.6 Å². The Hall–Kier alpha value is -3.84. The molecule has 2 aromatic carbocycles. The Morgan fingerprint density at radius 3 is 2.29 bits per heavy atom. The molecule has 1 fully saturated rings. The Kier molecular flexibility index (Phi) is 9.02. The smallest absolute Gasteiger partial charge is 0.405 e. The third-order valence-corrected chi connectivity index (χ3v) is 7.13. The van der Waals surface area contributed by atoms with Crippen LogP contribution in [0.5, 0.6) is 5.75 Å². The summed E-state index contributed by atoms with van der Waals surface area (Å²) in [5.74, 6) is -5.30. The van der Waals surface area contributed by atoms with E-state index in [1.165, 1.54) is 27.8 Å². The molecule has 1 N–H and O–H groups in total. The number of rotatable bonds is 8. The van der Waals surface area contributed by atoms with Gasteiger partial charge in [-0.15, -0.1) is 13.2 Å². The highest BCUT2D eigenvalue weighted by Crippen LogP contribution is 2.38. The van der Waals surface area contributed by atoms with Crippen molar-refractivity contribution >= 4 is 22.7 Å². The fourth-order valence-corrected chi connectivity index (χ4v) is 5.11. The number of carbonyl (C=O) groups is 2. The molecule has 0 unspecified atom stereocenters. The number of nitrogens with zero attached hydrogens (tertiary/aromatic N) is 2. The van der Waals surface area contributed by atoms with Crippen molar-refractivity contribution in [2.45, 2.75) is 64.2 Å². The van der Waals surface area contributed by atoms with Crippen LogP contribution >= 0.6 is 0 Å². The molecule has 6 nitrogen and oxygen atoms in total. The molecule has 1 saturated heterocycles. The summed E-state index contributed by atoms with van der Waals surface area (Å²) in [5.41, 5.74) is 0.119. The summed E-state index contributed by atoms with van der Waals surface area (Å²) in [6.07, 6.45) is -7.04. The number of amides is 2. The number of halogens is 8. The molecule has 0 radical (unpaired) electrons. The third-order valence-electron chi connectivity index (χ3n) is 7.13. The number of nitrogens with one attached hydrogen (secondary N) is 1. The van der Waals surface area contributed by atoms with E-state index in [1.807, 2.05) is 6.92 Å². The molecule has 1 aliphatic heterocycles. The van der Waals surface area contributed by atoms with E-state index in [-0.39, 0.29) is 60.1 Å². The Bertz CT molecular complexity index is 1460. The van der Waals surface area contributed by atoms with Crippen LogP contribution in [0.1, 0.15) is 60.0 Å². The highest BCUT2D eigenvalue weighted by atomic mass is 19.4. The van der Waals surface area contributed by atoms with Gasteiger partial charge in [-0.25, -0.2) is 8.78 Å². The van der Waals surface area contributed by atoms with Crippen LogP contribution in [-0.2, 0) is 17.9 Å². The van der Waals surface area contributed by atoms with Gasteiger partial charge in [-0.3, -0.25) is 9.59 Å². The second-order valence-electron chi connectivity index (χ2n) is 10.0. The molecule has 4 rings (SSSR count). The average Bonchev–Trinajstić information content (AvgIpc) is 3.32. The number of carbonyl (C=O) groups excluding carboxylic acids is 2. The van der Waals surface area contributed by atoms with E-state index in [4.69, 9.17) is 0 Å². The molecule has 1 aromatic heterocycles. The molecule has 0 saturated carbocycles. The van der Waals surface area contributed by atoms with Crippen LogP contribution in [0.2, 0.25) is 0 Å². The molecule has 0 aliphatic carbocycles. The van der Waals surface area contributed by atoms with Gasteiger partial charge < -0.3 is 19.5 Å². The Morgan fingerprint density at radius 2 is 1.67 bits per heavy atom. The molecule has 2 heterocycles. The maximum atomic E-state index is 14.9. The number of likely N-dealkylation sites (tertiary alicyclic amines) is 1. The number of ether oxygens (including phenoxy) is 1. The van der Waals surface area contributed by atoms with E-state index in [0.29, 0.717) is 12.8 Å². The minimum atomic E-state index is -5.08. The van der Waals surface area contributed by atoms with Crippen LogP contribution in [0.25, 0.3) is 10.9 Å². The van der Waals surface area contributed by atoms with E-state index in [1.54, 1.807) is 5.32 Å². The number of benzene rings is 2. The monoisotopic (exact) mass is 605 g/mol. The molecule has 14 heteroatoms. The SMILES string of the molecule is CCCCn1cc(C(=O)N2CCC(c3cc(CNC(=O)C(F)(F)F)ccc3F)CC2)c2c(OC(F)(F)F)ccc(F)c21. The van der Waals surface area contributed by atoms with Crippen molar-refractivity contribution in [3.63, 3.8) is 0 Å². The van der Waals surface area contributed by atoms with Gasteiger partial charge in [0, 0.05) is 32.4 Å². The molecule has 3 aromatic rings. The minimum absolute atomic E-state index is 0.0877. The van der Waals surface area contributed by atoms with Gasteiger partial charge in [0.2, 0.25) is 0 Å². The summed E-state index contributed by atoms with van der Waals surface area (Å²) in [4.78, 5) is 26.1. The number of hydrogen-bond acceptors (Lipinski definition) is 3. The fraction of sp³-hybridized carbons (Fsp3) is 0.429. The van der Waals surface area contributed by atoms with E-state index < -0.39 is 54.2 Å². The lowest BCUT2D eigenvalue weighted by Gasteiger charge is -2.32. The van der Waals surface area contributed by atoms with Crippen molar-refractivity contribution in [2.24, 2.45) is 0 Å². The van der Waals surface area contributed by atoms with Gasteiger partial charge in [0.15, 0.2) is 0 Å². The van der Waals surface area contributed by atoms with Crippen LogP contribution in [-0.4, -0.2) is 46.9 Å². The standard InChI is InChI=1S/C28H27F8N3O3/c1-2-3-10-39-15-19(23-22(42-28(34,35)36)7-6-21(30)24(23)39)25(40)38-11-8-17(9-12-38)18-13-16(4-5-20(18)29)14-37-26(41)27(31,32)33/h4-7,13,15,17H,2-3,8-12,14H2,1H3,(H,37,41). The number of aromatic nitrogens is 1. The van der Waals surface area contributed by atoms with E-state index in [9.17, 15) is 44.7 Å². The summed E-state index contributed by atoms with van der Waals surface area (Å²) in [7, 11) is 0. The predicted molar refractivity (Wildman–Crippen MR) is 136 cm³/mol. The summed E-state index contributed by atoms with van der Waals surface area (Å²) >= 11 is 0. The van der Waals surface area contributed by atoms with Crippen molar-refractivity contribution in [1.29, 1.82) is 0 Å². The highest BCUT2D eigenvalue weighted by Gasteiger charge is 2.38. The molecule has 0 atom stereocenters. The summed E-state index contributed by atoms with van der Waals surface area (Å²) in [6.45, 7) is 1.85. The van der Waals surface area contributed by atoms with Gasteiger partial charge in [0.25, 0.3) is 5.91 Å². The van der Waals surface area contributed by atoms with Gasteiger partial charge in [-0.2, -0.15) is 13.2 Å². The van der Waals surface area contributed by atoms with Crippen LogP contribution < -0.4 is 10.1 Å². The van der Waals surface area contributed by atoms with Gasteiger partial charge in [-0.1, -0.05) is 25.5 Å². The quantitative estimate of drug-likeness (QED) is 0.287. The zero-order valence-corrected chi connectivity index (χ0v) is 22.3. The van der Waals surface area contributed by atoms with Crippen LogP contribution in [0.3, 0.4) is 0 Å². The minimum Gasteiger partial charge on any atom is -0.405 e. The zero-order chi connectivity index (χ0) is 30.8. The summed E-state index contributed by atoms with van der Waals surface area (Å²) in [6, 6.07) is 5.37. The first-order valence-corrected chi connectivity index (χ1v) is 13.2. The number of aryl methyl sites for hydroxylation is 1. The third kappa shape index (κ3) is 6.96. The van der Waals surface area contributed by atoms with Crippen molar-refractivity contribution in [3.05, 3.63) is 64.9 Å². The van der Waals surface area contributed by atoms with Gasteiger partial charge >= 0.3 is 18.4 Å². The van der Waals surface area contributed by atoms with Crippen molar-refractivity contribution < 1.29 is 49.4 Å². The number of fused-ring (bicyclic) bond motifs is 1. The number of hydrogen-bond donors (Lipinski definition) is 1. The first-order valence-electron chi connectivity index (χ1n) is 13.2. The largest absolute Gasteiger partial charge is 0.573 e. The molecular formula is C28H27F8N3O3. The maximum absolute atomic E-state index is 14.9. The molecule has 0 spiro atoms. The fourth-order valence-electron chi connectivity index (χ4n) is 5.11. The van der Waals surface area contributed by atoms with Crippen molar-refractivity contribution in [2.75, 3.05) is 13.1 Å². The Balaban J connectivity index is 1.55. The lowest BCUT2D eigenvalue weighted by atomic mass is 9.88. The lowest BCUT2D eigenvalue weighted by molar-refractivity contribution is -0.274. The number of unbranched alkanes of at least 4 members (excludes halogenated alkanes) is 1. The highest BCUT2D eigenvalue weighted by molar-refractivity contribution is 6.09. The van der Waals surface area contributed by atoms with Crippen molar-refractivity contribution in [1.82, 2.24) is 14.8 Å². The average molecular weight is 606 g/mol. The lowest BCUT2D eigenvalue weighted by Crippen LogP contribution is -2.38. The summed E-state index contributed by atoms with van der Waals surface area (Å²) in [5, 5.41) is 1.44. The van der Waals surface area contributed by atoms with Crippen LogP contribution in [0.4, 0.5) is 35.1 Å². The second-order valence-corrected chi connectivity index (χ2v) is 10.0. The van der Waals surface area contributed by atoms with Gasteiger partial charge in [0.05, 0.1) is 16.5 Å². The summed E-state index contributed by atoms with van der Waals surface area (Å²) < 4.78 is 112. The Labute approximate surface area is 235 Å². The Morgan fingerprint density at radius 1 is 1.00 bits per heavy atom. The predicted octanol–water partition coefficient (Wildman–Crippen LogP) is 6.82. The topological polar surface area (TPSA) is 63.6 Å². The van der Waals surface area contributed by atoms with Gasteiger partial charge in [0.1, 0.15) is 17.4 Å². The molecule has 0 bridgehead atoms. The molecule has 2 amide bonds. The normalized spacial score (nSPS) is 14.8. The number of piperidine rings is 1. The van der Waals surface area contributed by atoms with Crippen LogP contribution in [0.15, 0.2) is 36.5 Å². The first kappa shape index (κ1) is 31.1. The molecule has 1 aliphatic rings. The second kappa shape index (κ2) is 12.2. The van der Waals surface area contributed by atoms with E-state index in [2.05, 4.69) is 4.74 Å². The number of alkyl halides is 6. The van der Waals surface area contributed by atoms with Gasteiger partial charge in [-0.05, 0) is 54.5 Å². The van der Waals surface area contributed by atoms with E-state index >= 15 is 0 Å². The first-order chi connectivity index (χ1) is 19.7. The molecule has 228 valence electrons. The van der Waals surface area contributed by atoms with E-state index in [0.717, 1.165) is 18.2 Å². The van der Waals surface area contributed by atoms with Crippen molar-refractivity contribution in [3.8, 4) is 5.75 Å². The maximum Gasteiger partial charge on any atom is 0.573 e. The zero-order valence-electron chi connectivity index (χ0n) is 22.3.